The molecule has 0 aromatic heterocycles. The van der Waals surface area contributed by atoms with Gasteiger partial charge in [-0.2, -0.15) is 5.10 Å². The number of hydrazone groups is 1. The van der Waals surface area contributed by atoms with Crippen molar-refractivity contribution in [2.24, 2.45) is 5.10 Å². The summed E-state index contributed by atoms with van der Waals surface area (Å²) in [6.07, 6.45) is 1.65. The van der Waals surface area contributed by atoms with Gasteiger partial charge in [-0.15, -0.1) is 0 Å². The Morgan fingerprint density at radius 3 is 2.61 bits per heavy atom. The van der Waals surface area contributed by atoms with E-state index in [0.29, 0.717) is 5.75 Å². The average Bonchev–Trinajstić information content (AvgIpc) is 2.66. The first kappa shape index (κ1) is 20.1. The van der Waals surface area contributed by atoms with Gasteiger partial charge in [0.1, 0.15) is 5.75 Å². The largest absolute Gasteiger partial charge is 0.483 e. The molecule has 0 atom stereocenters. The molecule has 0 heterocycles. The van der Waals surface area contributed by atoms with Crippen molar-refractivity contribution in [2.45, 2.75) is 26.2 Å². The number of nitrogens with one attached hydrogen (secondary N) is 1. The third-order valence-corrected chi connectivity index (χ3v) is 4.99. The summed E-state index contributed by atoms with van der Waals surface area (Å²) in [6.45, 7) is 6.34. The highest BCUT2D eigenvalue weighted by molar-refractivity contribution is 9.10. The van der Waals surface area contributed by atoms with E-state index in [1.54, 1.807) is 6.21 Å². The minimum Gasteiger partial charge on any atom is -0.483 e. The van der Waals surface area contributed by atoms with Crippen LogP contribution in [0.25, 0.3) is 10.8 Å². The summed E-state index contributed by atoms with van der Waals surface area (Å²) in [7, 11) is 0. The van der Waals surface area contributed by atoms with Crippen LogP contribution in [-0.2, 0) is 10.2 Å². The van der Waals surface area contributed by atoms with Gasteiger partial charge >= 0.3 is 0 Å². The van der Waals surface area contributed by atoms with Crippen molar-refractivity contribution in [1.82, 2.24) is 5.43 Å². The van der Waals surface area contributed by atoms with Crippen molar-refractivity contribution in [3.63, 3.8) is 0 Å². The zero-order chi connectivity index (χ0) is 20.1. The van der Waals surface area contributed by atoms with Gasteiger partial charge in [-0.25, -0.2) is 5.43 Å². The fourth-order valence-corrected chi connectivity index (χ4v) is 3.29. The van der Waals surface area contributed by atoms with Crippen LogP contribution in [0.2, 0.25) is 0 Å². The smallest absolute Gasteiger partial charge is 0.277 e. The highest BCUT2D eigenvalue weighted by atomic mass is 79.9. The van der Waals surface area contributed by atoms with E-state index in [0.717, 1.165) is 20.8 Å². The van der Waals surface area contributed by atoms with Crippen LogP contribution in [0, 0.1) is 0 Å². The molecular weight excluding hydrogens is 416 g/mol. The highest BCUT2D eigenvalue weighted by Gasteiger charge is 2.15. The number of carbonyl (C=O) groups is 1. The third-order valence-electron chi connectivity index (χ3n) is 4.37. The predicted molar refractivity (Wildman–Crippen MR) is 118 cm³/mol. The van der Waals surface area contributed by atoms with E-state index < -0.39 is 0 Å². The lowest BCUT2D eigenvalue weighted by Crippen LogP contribution is -2.24. The quantitative estimate of drug-likeness (QED) is 0.426. The van der Waals surface area contributed by atoms with Crippen LogP contribution < -0.4 is 10.2 Å². The molecular formula is C23H23BrN2O2. The number of fused-ring (bicyclic) bond motifs is 1. The second-order valence-corrected chi connectivity index (χ2v) is 8.40. The maximum Gasteiger partial charge on any atom is 0.277 e. The number of ether oxygens (including phenoxy) is 1. The molecule has 1 amide bonds. The number of rotatable bonds is 5. The van der Waals surface area contributed by atoms with Gasteiger partial charge in [-0.05, 0) is 49.8 Å². The summed E-state index contributed by atoms with van der Waals surface area (Å²) in [5.41, 5.74) is 4.70. The van der Waals surface area contributed by atoms with Gasteiger partial charge in [0.15, 0.2) is 6.61 Å². The molecule has 3 aromatic rings. The first-order valence-electron chi connectivity index (χ1n) is 9.07. The van der Waals surface area contributed by atoms with Gasteiger partial charge in [0.05, 0.1) is 10.7 Å². The van der Waals surface area contributed by atoms with Gasteiger partial charge in [0, 0.05) is 5.56 Å². The Labute approximate surface area is 173 Å². The molecule has 0 aliphatic rings. The maximum atomic E-state index is 12.0. The Hall–Kier alpha value is -2.66. The lowest BCUT2D eigenvalue weighted by atomic mass is 9.87. The molecule has 144 valence electrons. The van der Waals surface area contributed by atoms with E-state index in [1.807, 2.05) is 60.7 Å². The summed E-state index contributed by atoms with van der Waals surface area (Å²) < 4.78 is 6.43. The van der Waals surface area contributed by atoms with Crippen LogP contribution >= 0.6 is 15.9 Å². The van der Waals surface area contributed by atoms with Crippen molar-refractivity contribution in [3.05, 3.63) is 76.3 Å². The Morgan fingerprint density at radius 1 is 1.11 bits per heavy atom. The minimum absolute atomic E-state index is 0.0503. The van der Waals surface area contributed by atoms with Gasteiger partial charge < -0.3 is 4.74 Å². The number of hydrogen-bond donors (Lipinski definition) is 1. The Morgan fingerprint density at radius 2 is 1.86 bits per heavy atom. The first-order chi connectivity index (χ1) is 13.3. The Kier molecular flexibility index (Phi) is 6.15. The molecule has 0 spiro atoms. The minimum atomic E-state index is -0.316. The molecule has 0 unspecified atom stereocenters. The number of benzene rings is 3. The van der Waals surface area contributed by atoms with E-state index in [4.69, 9.17) is 4.74 Å². The topological polar surface area (TPSA) is 50.7 Å². The highest BCUT2D eigenvalue weighted by Crippen LogP contribution is 2.31. The molecule has 4 nitrogen and oxygen atoms in total. The van der Waals surface area contributed by atoms with Gasteiger partial charge in [-0.3, -0.25) is 4.79 Å². The molecule has 5 heteroatoms. The van der Waals surface area contributed by atoms with Crippen molar-refractivity contribution in [2.75, 3.05) is 6.61 Å². The van der Waals surface area contributed by atoms with E-state index in [-0.39, 0.29) is 17.9 Å². The zero-order valence-electron chi connectivity index (χ0n) is 16.2. The summed E-state index contributed by atoms with van der Waals surface area (Å²) in [4.78, 5) is 12.0. The predicted octanol–water partition coefficient (Wildman–Crippen LogP) is 5.43. The van der Waals surface area contributed by atoms with Gasteiger partial charge in [-0.1, -0.05) is 69.3 Å². The fraction of sp³-hybridized carbons (Fsp3) is 0.217. The number of hydrogen-bond acceptors (Lipinski definition) is 3. The maximum absolute atomic E-state index is 12.0. The van der Waals surface area contributed by atoms with Gasteiger partial charge in [0.25, 0.3) is 5.91 Å². The van der Waals surface area contributed by atoms with Crippen LogP contribution in [0.5, 0.6) is 5.75 Å². The number of halogens is 1. The molecule has 0 radical (unpaired) electrons. The van der Waals surface area contributed by atoms with Crippen molar-refractivity contribution < 1.29 is 9.53 Å². The lowest BCUT2D eigenvalue weighted by molar-refractivity contribution is -0.123. The summed E-state index contributed by atoms with van der Waals surface area (Å²) in [6, 6.07) is 19.9. The second-order valence-electron chi connectivity index (χ2n) is 7.55. The van der Waals surface area contributed by atoms with Crippen LogP contribution in [0.3, 0.4) is 0 Å². The Bertz CT molecular complexity index is 1020. The SMILES string of the molecule is CC(C)(C)c1ccc(OCC(=O)NN=Cc2cccc3ccccc23)c(Br)c1. The molecule has 28 heavy (non-hydrogen) atoms. The third kappa shape index (κ3) is 4.98. The summed E-state index contributed by atoms with van der Waals surface area (Å²) >= 11 is 3.51. The standard InChI is InChI=1S/C23H23BrN2O2/c1-23(2,3)18-11-12-21(20(24)13-18)28-15-22(27)26-25-14-17-9-6-8-16-7-4-5-10-19(16)17/h4-14H,15H2,1-3H3,(H,26,27). The Balaban J connectivity index is 1.58. The molecule has 1 N–H and O–H groups in total. The number of carbonyl (C=O) groups excluding carboxylic acids is 1. The lowest BCUT2D eigenvalue weighted by Gasteiger charge is -2.20. The summed E-state index contributed by atoms with van der Waals surface area (Å²) in [5.74, 6) is 0.310. The van der Waals surface area contributed by atoms with Crippen molar-refractivity contribution in [3.8, 4) is 5.75 Å². The van der Waals surface area contributed by atoms with Gasteiger partial charge in [0.2, 0.25) is 0 Å². The molecule has 3 aromatic carbocycles. The molecule has 0 aliphatic heterocycles. The first-order valence-corrected chi connectivity index (χ1v) is 9.86. The molecule has 0 saturated carbocycles. The summed E-state index contributed by atoms with van der Waals surface area (Å²) in [5, 5.41) is 6.27. The normalized spacial score (nSPS) is 11.7. The van der Waals surface area contributed by atoms with Crippen LogP contribution in [0.15, 0.2) is 70.2 Å². The molecule has 0 bridgehead atoms. The zero-order valence-corrected chi connectivity index (χ0v) is 17.8. The van der Waals surface area contributed by atoms with Crippen LogP contribution in [0.4, 0.5) is 0 Å². The van der Waals surface area contributed by atoms with E-state index in [9.17, 15) is 4.79 Å². The number of nitrogens with zero attached hydrogens (tertiary/aromatic N) is 1. The van der Waals surface area contributed by atoms with E-state index in [2.05, 4.69) is 47.2 Å². The number of amides is 1. The average molecular weight is 439 g/mol. The molecule has 3 rings (SSSR count). The van der Waals surface area contributed by atoms with Crippen molar-refractivity contribution >= 4 is 38.8 Å². The van der Waals surface area contributed by atoms with E-state index >= 15 is 0 Å². The molecule has 0 aliphatic carbocycles. The molecule has 0 saturated heterocycles. The van der Waals surface area contributed by atoms with Crippen molar-refractivity contribution in [1.29, 1.82) is 0 Å². The van der Waals surface area contributed by atoms with E-state index in [1.165, 1.54) is 5.56 Å². The molecule has 0 fully saturated rings. The monoisotopic (exact) mass is 438 g/mol. The second kappa shape index (κ2) is 8.57. The van der Waals surface area contributed by atoms with Crippen LogP contribution in [-0.4, -0.2) is 18.7 Å². The fourth-order valence-electron chi connectivity index (χ4n) is 2.80. The van der Waals surface area contributed by atoms with Crippen LogP contribution in [0.1, 0.15) is 31.9 Å².